The fourth-order valence-corrected chi connectivity index (χ4v) is 1.93. The SMILES string of the molecule is Cc1cc(-c2cc(N)no2)c2ccccc2n1. The van der Waals surface area contributed by atoms with E-state index >= 15 is 0 Å². The number of anilines is 1. The average molecular weight is 225 g/mol. The predicted molar refractivity (Wildman–Crippen MR) is 66.4 cm³/mol. The number of para-hydroxylation sites is 1. The van der Waals surface area contributed by atoms with Gasteiger partial charge in [0.15, 0.2) is 11.6 Å². The summed E-state index contributed by atoms with van der Waals surface area (Å²) in [5.41, 5.74) is 8.43. The number of rotatable bonds is 1. The molecule has 0 saturated carbocycles. The van der Waals surface area contributed by atoms with Gasteiger partial charge in [-0.25, -0.2) is 0 Å². The number of nitrogens with zero attached hydrogens (tertiary/aromatic N) is 2. The van der Waals surface area contributed by atoms with Crippen molar-refractivity contribution >= 4 is 16.7 Å². The highest BCUT2D eigenvalue weighted by Crippen LogP contribution is 2.29. The number of fused-ring (bicyclic) bond motifs is 1. The van der Waals surface area contributed by atoms with Crippen molar-refractivity contribution in [3.63, 3.8) is 0 Å². The molecule has 1 aromatic carbocycles. The number of aryl methyl sites for hydroxylation is 1. The van der Waals surface area contributed by atoms with Gasteiger partial charge in [-0.15, -0.1) is 0 Å². The maximum atomic E-state index is 5.58. The van der Waals surface area contributed by atoms with Crippen LogP contribution in [0.1, 0.15) is 5.69 Å². The van der Waals surface area contributed by atoms with E-state index in [1.165, 1.54) is 0 Å². The highest BCUT2D eigenvalue weighted by molar-refractivity contribution is 5.93. The molecule has 0 amide bonds. The summed E-state index contributed by atoms with van der Waals surface area (Å²) in [6, 6.07) is 11.6. The molecule has 17 heavy (non-hydrogen) atoms. The Morgan fingerprint density at radius 1 is 1.18 bits per heavy atom. The van der Waals surface area contributed by atoms with Gasteiger partial charge < -0.3 is 10.3 Å². The monoisotopic (exact) mass is 225 g/mol. The van der Waals surface area contributed by atoms with Crippen LogP contribution in [0.25, 0.3) is 22.2 Å². The third-order valence-corrected chi connectivity index (χ3v) is 2.64. The van der Waals surface area contributed by atoms with Crippen molar-refractivity contribution in [2.45, 2.75) is 6.92 Å². The van der Waals surface area contributed by atoms with E-state index in [1.54, 1.807) is 6.07 Å². The number of hydrogen-bond acceptors (Lipinski definition) is 4. The van der Waals surface area contributed by atoms with Crippen molar-refractivity contribution in [1.29, 1.82) is 0 Å². The zero-order valence-corrected chi connectivity index (χ0v) is 9.34. The van der Waals surface area contributed by atoms with E-state index in [0.717, 1.165) is 22.2 Å². The third kappa shape index (κ3) is 1.63. The highest BCUT2D eigenvalue weighted by atomic mass is 16.5. The van der Waals surface area contributed by atoms with Gasteiger partial charge in [-0.2, -0.15) is 0 Å². The Morgan fingerprint density at radius 2 is 2.00 bits per heavy atom. The van der Waals surface area contributed by atoms with Crippen LogP contribution >= 0.6 is 0 Å². The molecule has 3 rings (SSSR count). The second-order valence-corrected chi connectivity index (χ2v) is 3.94. The molecule has 0 saturated heterocycles. The Bertz CT molecular complexity index is 688. The summed E-state index contributed by atoms with van der Waals surface area (Å²) in [6.07, 6.45) is 0. The minimum Gasteiger partial charge on any atom is -0.381 e. The van der Waals surface area contributed by atoms with Crippen molar-refractivity contribution in [2.24, 2.45) is 0 Å². The van der Waals surface area contributed by atoms with E-state index in [-0.39, 0.29) is 0 Å². The number of benzene rings is 1. The molecular weight excluding hydrogens is 214 g/mol. The lowest BCUT2D eigenvalue weighted by molar-refractivity contribution is 0.436. The van der Waals surface area contributed by atoms with Crippen LogP contribution in [0, 0.1) is 6.92 Å². The second-order valence-electron chi connectivity index (χ2n) is 3.94. The third-order valence-electron chi connectivity index (χ3n) is 2.64. The van der Waals surface area contributed by atoms with Crippen molar-refractivity contribution in [3.05, 3.63) is 42.1 Å². The highest BCUT2D eigenvalue weighted by Gasteiger charge is 2.10. The lowest BCUT2D eigenvalue weighted by atomic mass is 10.1. The first-order chi connectivity index (χ1) is 8.24. The molecule has 2 N–H and O–H groups in total. The van der Waals surface area contributed by atoms with Crippen LogP contribution in [0.4, 0.5) is 5.82 Å². The summed E-state index contributed by atoms with van der Waals surface area (Å²) in [6.45, 7) is 1.95. The zero-order chi connectivity index (χ0) is 11.8. The summed E-state index contributed by atoms with van der Waals surface area (Å²) in [7, 11) is 0. The molecule has 0 bridgehead atoms. The summed E-state index contributed by atoms with van der Waals surface area (Å²) in [4.78, 5) is 4.48. The molecule has 2 heterocycles. The molecular formula is C13H11N3O. The van der Waals surface area contributed by atoms with Gasteiger partial charge in [0.2, 0.25) is 0 Å². The van der Waals surface area contributed by atoms with Gasteiger partial charge in [0, 0.05) is 22.7 Å². The minimum atomic E-state index is 0.388. The number of hydrogen-bond donors (Lipinski definition) is 1. The van der Waals surface area contributed by atoms with Crippen LogP contribution < -0.4 is 5.73 Å². The first-order valence-electron chi connectivity index (χ1n) is 5.33. The van der Waals surface area contributed by atoms with Crippen LogP contribution in [0.15, 0.2) is 40.9 Å². The molecule has 84 valence electrons. The molecule has 3 aromatic rings. The summed E-state index contributed by atoms with van der Waals surface area (Å²) in [5, 5.41) is 4.75. The van der Waals surface area contributed by atoms with Gasteiger partial charge in [-0.3, -0.25) is 4.98 Å². The fraction of sp³-hybridized carbons (Fsp3) is 0.0769. The first-order valence-corrected chi connectivity index (χ1v) is 5.33. The Kier molecular flexibility index (Phi) is 2.08. The molecule has 2 aromatic heterocycles. The molecule has 4 heteroatoms. The van der Waals surface area contributed by atoms with Crippen LogP contribution in [0.5, 0.6) is 0 Å². The smallest absolute Gasteiger partial charge is 0.169 e. The maximum Gasteiger partial charge on any atom is 0.169 e. The van der Waals surface area contributed by atoms with Gasteiger partial charge in [0.25, 0.3) is 0 Å². The van der Waals surface area contributed by atoms with Crippen molar-refractivity contribution in [3.8, 4) is 11.3 Å². The summed E-state index contributed by atoms with van der Waals surface area (Å²) < 4.78 is 5.21. The number of aromatic nitrogens is 2. The van der Waals surface area contributed by atoms with Crippen molar-refractivity contribution < 1.29 is 4.52 Å². The fourth-order valence-electron chi connectivity index (χ4n) is 1.93. The average Bonchev–Trinajstić information content (AvgIpc) is 2.74. The molecule has 0 aliphatic carbocycles. The number of pyridine rings is 1. The molecule has 0 atom stereocenters. The van der Waals surface area contributed by atoms with E-state index in [1.807, 2.05) is 37.3 Å². The predicted octanol–water partition coefficient (Wildman–Crippen LogP) is 2.78. The molecule has 0 radical (unpaired) electrons. The van der Waals surface area contributed by atoms with E-state index < -0.39 is 0 Å². The molecule has 0 spiro atoms. The minimum absolute atomic E-state index is 0.388. The molecule has 4 nitrogen and oxygen atoms in total. The Morgan fingerprint density at radius 3 is 2.76 bits per heavy atom. The van der Waals surface area contributed by atoms with Gasteiger partial charge in [-0.05, 0) is 19.1 Å². The largest absolute Gasteiger partial charge is 0.381 e. The van der Waals surface area contributed by atoms with Gasteiger partial charge in [0.1, 0.15) is 0 Å². The quantitative estimate of drug-likeness (QED) is 0.691. The molecule has 0 fully saturated rings. The standard InChI is InChI=1S/C13H11N3O/c1-8-6-10(12-7-13(14)16-17-12)9-4-2-3-5-11(9)15-8/h2-7H,1H3,(H2,14,16). The van der Waals surface area contributed by atoms with Crippen LogP contribution in [0.3, 0.4) is 0 Å². The Hall–Kier alpha value is -2.36. The van der Waals surface area contributed by atoms with Gasteiger partial charge in [-0.1, -0.05) is 23.4 Å². The van der Waals surface area contributed by atoms with Gasteiger partial charge in [0.05, 0.1) is 5.52 Å². The summed E-state index contributed by atoms with van der Waals surface area (Å²) >= 11 is 0. The summed E-state index contributed by atoms with van der Waals surface area (Å²) in [5.74, 6) is 1.06. The first kappa shape index (κ1) is 9.84. The Balaban J connectivity index is 2.35. The second kappa shape index (κ2) is 3.59. The van der Waals surface area contributed by atoms with Crippen molar-refractivity contribution in [2.75, 3.05) is 5.73 Å². The molecule has 0 aliphatic rings. The van der Waals surface area contributed by atoms with E-state index in [4.69, 9.17) is 10.3 Å². The zero-order valence-electron chi connectivity index (χ0n) is 9.34. The number of nitrogens with two attached hydrogens (primary N) is 1. The van der Waals surface area contributed by atoms with Crippen molar-refractivity contribution in [1.82, 2.24) is 10.1 Å². The van der Waals surface area contributed by atoms with Crippen LogP contribution in [-0.2, 0) is 0 Å². The molecule has 0 aliphatic heterocycles. The van der Waals surface area contributed by atoms with Gasteiger partial charge >= 0.3 is 0 Å². The van der Waals surface area contributed by atoms with Crippen LogP contribution in [0.2, 0.25) is 0 Å². The lowest BCUT2D eigenvalue weighted by Gasteiger charge is -2.04. The van der Waals surface area contributed by atoms with E-state index in [2.05, 4.69) is 10.1 Å². The maximum absolute atomic E-state index is 5.58. The Labute approximate surface area is 98.1 Å². The van der Waals surface area contributed by atoms with E-state index in [0.29, 0.717) is 11.6 Å². The number of nitrogen functional groups attached to an aromatic ring is 1. The molecule has 0 unspecified atom stereocenters. The van der Waals surface area contributed by atoms with Crippen LogP contribution in [-0.4, -0.2) is 10.1 Å². The normalized spacial score (nSPS) is 10.9. The lowest BCUT2D eigenvalue weighted by Crippen LogP contribution is -1.87. The van der Waals surface area contributed by atoms with E-state index in [9.17, 15) is 0 Å². The topological polar surface area (TPSA) is 64.9 Å².